The number of rotatable bonds is 5. The molecule has 3 rings (SSSR count). The SMILES string of the molecule is CCC1CCCC[Si]1(CC)CC.Cc1ccccc1O.NCSc1ccccc1.O=C(O)C(F)(F)F. The highest BCUT2D eigenvalue weighted by Gasteiger charge is 2.38. The number of alkyl halides is 3. The lowest BCUT2D eigenvalue weighted by Crippen LogP contribution is -2.40. The molecule has 1 fully saturated rings. The number of phenols is 1. The second-order valence-electron chi connectivity index (χ2n) is 8.63. The molecule has 2 aromatic carbocycles. The predicted molar refractivity (Wildman–Crippen MR) is 147 cm³/mol. The van der Waals surface area contributed by atoms with Crippen LogP contribution in [-0.2, 0) is 4.79 Å². The molecule has 0 aliphatic carbocycles. The van der Waals surface area contributed by atoms with Gasteiger partial charge in [0.15, 0.2) is 0 Å². The number of carbonyl (C=O) groups is 1. The highest BCUT2D eigenvalue weighted by Crippen LogP contribution is 2.44. The molecule has 36 heavy (non-hydrogen) atoms. The highest BCUT2D eigenvalue weighted by molar-refractivity contribution is 7.99. The van der Waals surface area contributed by atoms with Gasteiger partial charge in [-0.05, 0) is 36.2 Å². The lowest BCUT2D eigenvalue weighted by Gasteiger charge is -2.41. The molecule has 9 heteroatoms. The second-order valence-corrected chi connectivity index (χ2v) is 15.2. The Morgan fingerprint density at radius 1 is 1.03 bits per heavy atom. The topological polar surface area (TPSA) is 83.5 Å². The van der Waals surface area contributed by atoms with E-state index in [1.165, 1.54) is 23.3 Å². The van der Waals surface area contributed by atoms with E-state index in [2.05, 4.69) is 32.9 Å². The van der Waals surface area contributed by atoms with Gasteiger partial charge in [-0.25, -0.2) is 4.79 Å². The summed E-state index contributed by atoms with van der Waals surface area (Å²) in [5.74, 6) is -1.73. The number of aryl methyl sites for hydroxylation is 1. The van der Waals surface area contributed by atoms with Gasteiger partial charge in [-0.2, -0.15) is 13.2 Å². The Bertz CT molecular complexity index is 829. The maximum absolute atomic E-state index is 10.6. The third kappa shape index (κ3) is 13.4. The number of carboxylic acids is 1. The molecular formula is C27H42F3NO3SSi. The number of halogens is 3. The van der Waals surface area contributed by atoms with Gasteiger partial charge in [0.25, 0.3) is 0 Å². The lowest BCUT2D eigenvalue weighted by molar-refractivity contribution is -0.192. The van der Waals surface area contributed by atoms with Crippen molar-refractivity contribution in [1.29, 1.82) is 0 Å². The molecule has 0 aromatic heterocycles. The fourth-order valence-electron chi connectivity index (χ4n) is 4.37. The van der Waals surface area contributed by atoms with Crippen LogP contribution in [0.5, 0.6) is 5.75 Å². The van der Waals surface area contributed by atoms with Gasteiger partial charge in [-0.3, -0.25) is 0 Å². The zero-order chi connectivity index (χ0) is 27.6. The summed E-state index contributed by atoms with van der Waals surface area (Å²) in [6, 6.07) is 22.1. The van der Waals surface area contributed by atoms with E-state index >= 15 is 0 Å². The number of hydrogen-bond acceptors (Lipinski definition) is 4. The average Bonchev–Trinajstić information content (AvgIpc) is 2.87. The van der Waals surface area contributed by atoms with E-state index < -0.39 is 20.2 Å². The van der Waals surface area contributed by atoms with Crippen molar-refractivity contribution in [2.75, 3.05) is 5.88 Å². The van der Waals surface area contributed by atoms with Gasteiger partial charge in [0.05, 0.1) is 8.07 Å². The van der Waals surface area contributed by atoms with Crippen molar-refractivity contribution in [3.05, 3.63) is 60.2 Å². The highest BCUT2D eigenvalue weighted by atomic mass is 32.2. The summed E-state index contributed by atoms with van der Waals surface area (Å²) in [7, 11) is -0.760. The third-order valence-electron chi connectivity index (χ3n) is 6.60. The molecule has 4 nitrogen and oxygen atoms in total. The molecule has 0 saturated carbocycles. The molecule has 204 valence electrons. The molecular weight excluding hydrogens is 503 g/mol. The third-order valence-corrected chi connectivity index (χ3v) is 14.0. The zero-order valence-electron chi connectivity index (χ0n) is 21.9. The summed E-state index contributed by atoms with van der Waals surface area (Å²) in [6.07, 6.45) is 1.01. The number of phenolic OH excluding ortho intramolecular Hbond substituents is 1. The Morgan fingerprint density at radius 3 is 1.92 bits per heavy atom. The Kier molecular flexibility index (Phi) is 17.3. The lowest BCUT2D eigenvalue weighted by atomic mass is 10.1. The zero-order valence-corrected chi connectivity index (χ0v) is 23.7. The van der Waals surface area contributed by atoms with E-state index in [0.29, 0.717) is 11.6 Å². The summed E-state index contributed by atoms with van der Waals surface area (Å²) in [5.41, 5.74) is 7.41. The maximum atomic E-state index is 10.6. The number of para-hydroxylation sites is 1. The van der Waals surface area contributed by atoms with Crippen LogP contribution in [0.1, 0.15) is 52.0 Å². The second kappa shape index (κ2) is 18.3. The first kappa shape index (κ1) is 34.0. The van der Waals surface area contributed by atoms with Crippen LogP contribution in [0.2, 0.25) is 23.7 Å². The molecule has 4 N–H and O–H groups in total. The van der Waals surface area contributed by atoms with Crippen molar-refractivity contribution in [1.82, 2.24) is 0 Å². The summed E-state index contributed by atoms with van der Waals surface area (Å²) in [6.45, 7) is 9.17. The molecule has 0 amide bonds. The molecule has 1 unspecified atom stereocenters. The fourth-order valence-corrected chi connectivity index (χ4v) is 10.3. The van der Waals surface area contributed by atoms with E-state index in [1.807, 2.05) is 43.3 Å². The number of benzene rings is 2. The first-order valence-corrected chi connectivity index (χ1v) is 16.1. The molecule has 1 heterocycles. The van der Waals surface area contributed by atoms with Crippen molar-refractivity contribution < 1.29 is 28.2 Å². The minimum atomic E-state index is -5.08. The van der Waals surface area contributed by atoms with Crippen LogP contribution in [0.25, 0.3) is 0 Å². The minimum absolute atomic E-state index is 0.368. The largest absolute Gasteiger partial charge is 0.508 e. The minimum Gasteiger partial charge on any atom is -0.508 e. The number of carboxylic acid groups (broad SMARTS) is 1. The molecule has 1 aliphatic heterocycles. The molecule has 1 atom stereocenters. The number of aliphatic carboxylic acids is 1. The van der Waals surface area contributed by atoms with Crippen molar-refractivity contribution in [2.45, 2.75) is 88.1 Å². The molecule has 1 saturated heterocycles. The Morgan fingerprint density at radius 2 is 1.56 bits per heavy atom. The van der Waals surface area contributed by atoms with Gasteiger partial charge in [0.1, 0.15) is 5.75 Å². The summed E-state index contributed by atoms with van der Waals surface area (Å²) >= 11 is 1.65. The first-order chi connectivity index (χ1) is 17.0. The van der Waals surface area contributed by atoms with E-state index in [0.717, 1.165) is 5.56 Å². The number of thioether (sulfide) groups is 1. The Hall–Kier alpha value is -1.97. The quantitative estimate of drug-likeness (QED) is 0.199. The van der Waals surface area contributed by atoms with E-state index in [1.54, 1.807) is 48.8 Å². The van der Waals surface area contributed by atoms with Crippen molar-refractivity contribution >= 4 is 25.8 Å². The summed E-state index contributed by atoms with van der Waals surface area (Å²) in [5, 5.41) is 16.0. The molecule has 0 radical (unpaired) electrons. The normalized spacial score (nSPS) is 16.2. The number of nitrogens with two attached hydrogens (primary N) is 1. The van der Waals surface area contributed by atoms with Crippen LogP contribution in [-0.4, -0.2) is 36.3 Å². The molecule has 0 bridgehead atoms. The van der Waals surface area contributed by atoms with Crippen molar-refractivity contribution in [3.63, 3.8) is 0 Å². The smallest absolute Gasteiger partial charge is 0.490 e. The van der Waals surface area contributed by atoms with E-state index in [9.17, 15) is 13.2 Å². The Labute approximate surface area is 219 Å². The average molecular weight is 546 g/mol. The van der Waals surface area contributed by atoms with Crippen LogP contribution in [0.15, 0.2) is 59.5 Å². The van der Waals surface area contributed by atoms with Crippen LogP contribution in [0, 0.1) is 6.92 Å². The van der Waals surface area contributed by atoms with Gasteiger partial charge in [-0.15, -0.1) is 11.8 Å². The standard InChI is InChI=1S/C11H24Si.C7H9NS.C7H8O.C2HF3O2/c1-4-11-9-7-8-10-12(11,5-2)6-3;8-6-9-7-4-2-1-3-5-7;1-6-4-2-3-5-7(6)8;3-2(4,5)1(6)7/h11H,4-10H2,1-3H3;1-5H,6,8H2;2-5,8H,1H3;(H,6,7). The van der Waals surface area contributed by atoms with Crippen LogP contribution in [0.4, 0.5) is 13.2 Å². The van der Waals surface area contributed by atoms with Gasteiger partial charge in [0.2, 0.25) is 0 Å². The van der Waals surface area contributed by atoms with Crippen LogP contribution >= 0.6 is 11.8 Å². The molecule has 0 spiro atoms. The first-order valence-electron chi connectivity index (χ1n) is 12.4. The summed E-state index contributed by atoms with van der Waals surface area (Å²) < 4.78 is 31.7. The van der Waals surface area contributed by atoms with E-state index in [-0.39, 0.29) is 0 Å². The number of hydrogen-bond donors (Lipinski definition) is 3. The van der Waals surface area contributed by atoms with E-state index in [4.69, 9.17) is 20.7 Å². The van der Waals surface area contributed by atoms with Crippen molar-refractivity contribution in [2.24, 2.45) is 5.73 Å². The van der Waals surface area contributed by atoms with Gasteiger partial charge in [0, 0.05) is 10.8 Å². The number of aromatic hydroxyl groups is 1. The molecule has 1 aliphatic rings. The van der Waals surface area contributed by atoms with Crippen LogP contribution < -0.4 is 5.73 Å². The molecule has 2 aromatic rings. The maximum Gasteiger partial charge on any atom is 0.490 e. The van der Waals surface area contributed by atoms with Gasteiger partial charge in [-0.1, -0.05) is 101 Å². The van der Waals surface area contributed by atoms with Crippen molar-refractivity contribution in [3.8, 4) is 5.75 Å². The predicted octanol–water partition coefficient (Wildman–Crippen LogP) is 8.47. The van der Waals surface area contributed by atoms with Crippen LogP contribution in [0.3, 0.4) is 0 Å². The van der Waals surface area contributed by atoms with Gasteiger partial charge < -0.3 is 15.9 Å². The summed E-state index contributed by atoms with van der Waals surface area (Å²) in [4.78, 5) is 10.1. The van der Waals surface area contributed by atoms with Gasteiger partial charge >= 0.3 is 12.1 Å². The fraction of sp³-hybridized carbons (Fsp3) is 0.519. The Balaban J connectivity index is 0.000000464. The monoisotopic (exact) mass is 545 g/mol.